The number of nitrogens with zero attached hydrogens (tertiary/aromatic N) is 2. The third kappa shape index (κ3) is 13.4. The molecule has 1 N–H and O–H groups in total. The number of allylic oxidation sites excluding steroid dienone is 6. The second-order valence-electron chi connectivity index (χ2n) is 17.4. The van der Waals surface area contributed by atoms with Gasteiger partial charge in [-0.3, -0.25) is 14.1 Å². The van der Waals surface area contributed by atoms with Gasteiger partial charge in [-0.1, -0.05) is 69.4 Å². The van der Waals surface area contributed by atoms with Crippen molar-refractivity contribution in [2.45, 2.75) is 127 Å². The minimum Gasteiger partial charge on any atom is -0.344 e. The van der Waals surface area contributed by atoms with Crippen LogP contribution in [0.5, 0.6) is 0 Å². The molecule has 0 fully saturated rings. The summed E-state index contributed by atoms with van der Waals surface area (Å²) in [6.07, 6.45) is 16.7. The van der Waals surface area contributed by atoms with E-state index in [2.05, 4.69) is 67.7 Å². The van der Waals surface area contributed by atoms with Crippen molar-refractivity contribution in [3.05, 3.63) is 113 Å². The van der Waals surface area contributed by atoms with Gasteiger partial charge in [0.05, 0.1) is 21.8 Å². The summed E-state index contributed by atoms with van der Waals surface area (Å²) in [5.41, 5.74) is 6.49. The van der Waals surface area contributed by atoms with Gasteiger partial charge in [-0.25, -0.2) is 16.8 Å². The lowest BCUT2D eigenvalue weighted by Gasteiger charge is -2.27. The number of Topliss-reactive ketones (excluding diaryl/α,β-unsaturated/α-hetero) is 2. The van der Waals surface area contributed by atoms with Crippen molar-refractivity contribution in [3.63, 3.8) is 0 Å². The summed E-state index contributed by atoms with van der Waals surface area (Å²) in [7, 11) is -11.0. The fourth-order valence-electron chi connectivity index (χ4n) is 8.34. The standard InChI is InChI=1S/C48H64N2O9S3/c1-8-60(53,54)33-19-23-38(51)21-13-11-17-31-49-43-29-27-37(3)35-41(43)47(4,5)45(49)25-15-10-16-26-46-48(6,7)42-36-40(62(57,58)59)28-30-44(42)50(46)32-18-12-14-22-39(52)24-20-34-61(55,56)9-2/h8-10,15-16,25-30,35-36H,1-2,11-14,17-24,31-34H2,3-7H3/p+1. The first-order chi connectivity index (χ1) is 29.0. The first-order valence-corrected chi connectivity index (χ1v) is 26.4. The predicted octanol–water partition coefficient (Wildman–Crippen LogP) is 9.35. The average molecular weight is 910 g/mol. The molecule has 0 aliphatic carbocycles. The normalized spacial score (nSPS) is 16.7. The molecule has 0 atom stereocenters. The van der Waals surface area contributed by atoms with Crippen LogP contribution in [0.3, 0.4) is 0 Å². The van der Waals surface area contributed by atoms with Crippen LogP contribution in [0.4, 0.5) is 11.4 Å². The molecule has 2 aromatic carbocycles. The number of carbonyl (C=O) groups excluding carboxylic acids is 2. The van der Waals surface area contributed by atoms with Gasteiger partial charge in [-0.2, -0.15) is 13.0 Å². The molecule has 2 heterocycles. The van der Waals surface area contributed by atoms with Gasteiger partial charge < -0.3 is 4.90 Å². The van der Waals surface area contributed by atoms with Gasteiger partial charge in [0, 0.05) is 84.0 Å². The molecule has 11 nitrogen and oxygen atoms in total. The predicted molar refractivity (Wildman–Crippen MR) is 250 cm³/mol. The van der Waals surface area contributed by atoms with Gasteiger partial charge in [0.15, 0.2) is 25.4 Å². The minimum absolute atomic E-state index is 0.0351. The van der Waals surface area contributed by atoms with E-state index < -0.39 is 35.2 Å². The number of aryl methyl sites for hydroxylation is 1. The zero-order valence-electron chi connectivity index (χ0n) is 37.1. The van der Waals surface area contributed by atoms with Crippen LogP contribution in [0.2, 0.25) is 0 Å². The Labute approximate surface area is 370 Å². The quantitative estimate of drug-likeness (QED) is 0.0417. The Hall–Kier alpha value is -4.24. The molecule has 62 heavy (non-hydrogen) atoms. The lowest BCUT2D eigenvalue weighted by atomic mass is 9.81. The number of unbranched alkanes of at least 4 members (excludes halogenated alkanes) is 4. The number of benzene rings is 2. The molecule has 0 aromatic heterocycles. The van der Waals surface area contributed by atoms with Crippen molar-refractivity contribution < 1.29 is 44.0 Å². The highest BCUT2D eigenvalue weighted by Gasteiger charge is 2.45. The molecule has 0 amide bonds. The molecule has 0 bridgehead atoms. The second-order valence-corrected chi connectivity index (χ2v) is 22.9. The SMILES string of the molecule is C=CS(=O)(=O)CCCC(=O)CCCCCN1C(=CC=CC=CC2=[N+](CCCCCC(=O)CCCS(=O)(=O)C=C)c3ccc(S(=O)(=O)O)cc3C2(C)C)C(C)(C)c2cc(C)ccc21. The Morgan fingerprint density at radius 1 is 0.694 bits per heavy atom. The molecule has 2 aliphatic heterocycles. The van der Waals surface area contributed by atoms with E-state index in [9.17, 15) is 39.4 Å². The number of anilines is 1. The van der Waals surface area contributed by atoms with Crippen molar-refractivity contribution in [3.8, 4) is 0 Å². The summed E-state index contributed by atoms with van der Waals surface area (Å²) < 4.78 is 83.0. The summed E-state index contributed by atoms with van der Waals surface area (Å²) in [5.74, 6) is -0.0231. The highest BCUT2D eigenvalue weighted by atomic mass is 32.2. The largest absolute Gasteiger partial charge is 0.344 e. The van der Waals surface area contributed by atoms with E-state index in [4.69, 9.17) is 0 Å². The van der Waals surface area contributed by atoms with Crippen LogP contribution < -0.4 is 4.90 Å². The molecular formula is C48H65N2O9S3+. The van der Waals surface area contributed by atoms with Gasteiger partial charge in [0.2, 0.25) is 5.69 Å². The molecule has 338 valence electrons. The Morgan fingerprint density at radius 2 is 1.27 bits per heavy atom. The lowest BCUT2D eigenvalue weighted by molar-refractivity contribution is -0.438. The fourth-order valence-corrected chi connectivity index (χ4v) is 10.3. The highest BCUT2D eigenvalue weighted by Crippen LogP contribution is 2.48. The first kappa shape index (κ1) is 50.4. The van der Waals surface area contributed by atoms with Crippen LogP contribution in [0.25, 0.3) is 0 Å². The minimum atomic E-state index is -4.42. The topological polar surface area (TPSA) is 163 Å². The number of fused-ring (bicyclic) bond motifs is 2. The zero-order valence-corrected chi connectivity index (χ0v) is 39.5. The van der Waals surface area contributed by atoms with E-state index in [-0.39, 0.29) is 52.6 Å². The summed E-state index contributed by atoms with van der Waals surface area (Å²) in [5, 5.41) is 1.87. The monoisotopic (exact) mass is 909 g/mol. The summed E-state index contributed by atoms with van der Waals surface area (Å²) in [6, 6.07) is 11.2. The van der Waals surface area contributed by atoms with Gasteiger partial charge in [-0.15, -0.1) is 0 Å². The molecule has 4 rings (SSSR count). The zero-order chi connectivity index (χ0) is 45.9. The maximum Gasteiger partial charge on any atom is 0.294 e. The van der Waals surface area contributed by atoms with Gasteiger partial charge in [0.25, 0.3) is 10.1 Å². The number of ketones is 2. The third-order valence-electron chi connectivity index (χ3n) is 11.9. The smallest absolute Gasteiger partial charge is 0.294 e. The van der Waals surface area contributed by atoms with E-state index in [0.717, 1.165) is 72.1 Å². The van der Waals surface area contributed by atoms with E-state index in [1.807, 2.05) is 38.2 Å². The van der Waals surface area contributed by atoms with Gasteiger partial charge >= 0.3 is 0 Å². The van der Waals surface area contributed by atoms with Crippen molar-refractivity contribution in [1.82, 2.24) is 0 Å². The van der Waals surface area contributed by atoms with Crippen LogP contribution in [0.1, 0.15) is 121 Å². The summed E-state index contributed by atoms with van der Waals surface area (Å²) >= 11 is 0. The molecule has 0 saturated carbocycles. The first-order valence-electron chi connectivity index (χ1n) is 21.5. The van der Waals surface area contributed by atoms with Crippen LogP contribution in [-0.2, 0) is 50.2 Å². The van der Waals surface area contributed by atoms with E-state index >= 15 is 0 Å². The number of rotatable bonds is 26. The Balaban J connectivity index is 1.48. The molecule has 0 radical (unpaired) electrons. The second kappa shape index (κ2) is 21.4. The van der Waals surface area contributed by atoms with E-state index in [1.54, 1.807) is 6.07 Å². The van der Waals surface area contributed by atoms with Crippen LogP contribution in [0, 0.1) is 6.92 Å². The van der Waals surface area contributed by atoms with E-state index in [0.29, 0.717) is 32.2 Å². The van der Waals surface area contributed by atoms with Gasteiger partial charge in [0.1, 0.15) is 18.1 Å². The number of hydrogen-bond donors (Lipinski definition) is 1. The van der Waals surface area contributed by atoms with E-state index in [1.165, 1.54) is 28.9 Å². The molecular weight excluding hydrogens is 845 g/mol. The average Bonchev–Trinajstić information content (AvgIpc) is 3.54. The molecule has 0 saturated heterocycles. The van der Waals surface area contributed by atoms with Crippen molar-refractivity contribution in [2.24, 2.45) is 0 Å². The maximum atomic E-state index is 12.4. The maximum absolute atomic E-state index is 12.4. The van der Waals surface area contributed by atoms with Crippen LogP contribution >= 0.6 is 0 Å². The van der Waals surface area contributed by atoms with Crippen molar-refractivity contribution in [2.75, 3.05) is 29.5 Å². The van der Waals surface area contributed by atoms with Crippen molar-refractivity contribution >= 4 is 58.4 Å². The highest BCUT2D eigenvalue weighted by molar-refractivity contribution is 7.94. The number of carbonyl (C=O) groups is 2. The fraction of sp³-hybridized carbons (Fsp3) is 0.479. The number of hydrogen-bond acceptors (Lipinski definition) is 9. The van der Waals surface area contributed by atoms with Gasteiger partial charge in [-0.05, 0) is 89.1 Å². The molecule has 2 aromatic rings. The summed E-state index contributed by atoms with van der Waals surface area (Å²) in [4.78, 5) is 27.0. The molecule has 0 spiro atoms. The number of sulfone groups is 2. The molecule has 0 unspecified atom stereocenters. The van der Waals surface area contributed by atoms with Crippen molar-refractivity contribution in [1.29, 1.82) is 0 Å². The van der Waals surface area contributed by atoms with Crippen LogP contribution in [0.15, 0.2) is 101 Å². The third-order valence-corrected chi connectivity index (χ3v) is 15.5. The molecule has 14 heteroatoms. The Bertz CT molecular complexity index is 2470. The summed E-state index contributed by atoms with van der Waals surface area (Å²) in [6.45, 7) is 18.6. The lowest BCUT2D eigenvalue weighted by Crippen LogP contribution is -2.28. The Morgan fingerprint density at radius 3 is 1.85 bits per heavy atom. The molecule has 2 aliphatic rings. The Kier molecular flexibility index (Phi) is 17.4. The van der Waals surface area contributed by atoms with Crippen LogP contribution in [-0.4, -0.2) is 76.3 Å².